The lowest BCUT2D eigenvalue weighted by Gasteiger charge is -2.05. The van der Waals surface area contributed by atoms with Gasteiger partial charge in [0.15, 0.2) is 0 Å². The fourth-order valence-corrected chi connectivity index (χ4v) is 1.16. The predicted octanol–water partition coefficient (Wildman–Crippen LogP) is 2.69. The van der Waals surface area contributed by atoms with Crippen LogP contribution >= 0.6 is 0 Å². The first-order valence-corrected chi connectivity index (χ1v) is 4.59. The molecule has 0 radical (unpaired) electrons. The van der Waals surface area contributed by atoms with Gasteiger partial charge in [-0.2, -0.15) is 0 Å². The van der Waals surface area contributed by atoms with Crippen molar-refractivity contribution in [2.45, 2.75) is 32.3 Å². The van der Waals surface area contributed by atoms with Crippen LogP contribution in [0.15, 0.2) is 30.3 Å². The summed E-state index contributed by atoms with van der Waals surface area (Å²) in [6.45, 7) is 4.00. The molecule has 0 aliphatic heterocycles. The lowest BCUT2D eigenvalue weighted by molar-refractivity contribution is 0.151. The molecular weight excluding hydrogens is 148 g/mol. The van der Waals surface area contributed by atoms with Gasteiger partial charge in [-0.15, -0.1) is 0 Å². The van der Waals surface area contributed by atoms with E-state index in [0.29, 0.717) is 0 Å². The lowest BCUT2D eigenvalue weighted by atomic mass is 10.1. The van der Waals surface area contributed by atoms with Gasteiger partial charge in [-0.25, -0.2) is 0 Å². The van der Waals surface area contributed by atoms with Crippen LogP contribution in [0.1, 0.15) is 32.3 Å². The van der Waals surface area contributed by atoms with Gasteiger partial charge in [-0.1, -0.05) is 44.2 Å². The Bertz CT molecular complexity index is 224. The van der Waals surface area contributed by atoms with Crippen LogP contribution in [0.5, 0.6) is 0 Å². The third kappa shape index (κ3) is 1.86. The Morgan fingerprint density at radius 2 is 1.58 bits per heavy atom. The smallest absolute Gasteiger partial charge is 0.0899 e. The summed E-state index contributed by atoms with van der Waals surface area (Å²) in [5.41, 5.74) is 0.608. The average molecular weight is 164 g/mol. The zero-order chi connectivity index (χ0) is 9.03. The van der Waals surface area contributed by atoms with Crippen LogP contribution in [0, 0.1) is 0 Å². The van der Waals surface area contributed by atoms with E-state index in [1.54, 1.807) is 0 Å². The molecule has 0 bridgehead atoms. The molecule has 0 aromatic heterocycles. The SMILES string of the molecule is CC.OC1(c2ccccc2)CC1. The van der Waals surface area contributed by atoms with Crippen LogP contribution in [0.4, 0.5) is 0 Å². The summed E-state index contributed by atoms with van der Waals surface area (Å²) >= 11 is 0. The van der Waals surface area contributed by atoms with Gasteiger partial charge >= 0.3 is 0 Å². The first-order valence-electron chi connectivity index (χ1n) is 4.59. The molecule has 1 saturated carbocycles. The maximum atomic E-state index is 9.60. The average Bonchev–Trinajstić information content (AvgIpc) is 2.90. The van der Waals surface area contributed by atoms with Crippen LogP contribution < -0.4 is 0 Å². The van der Waals surface area contributed by atoms with Gasteiger partial charge in [0, 0.05) is 0 Å². The third-order valence-corrected chi connectivity index (χ3v) is 2.03. The molecule has 12 heavy (non-hydrogen) atoms. The summed E-state index contributed by atoms with van der Waals surface area (Å²) in [5.74, 6) is 0. The molecule has 0 atom stereocenters. The highest BCUT2D eigenvalue weighted by Crippen LogP contribution is 2.44. The molecule has 66 valence electrons. The Balaban J connectivity index is 0.000000336. The molecule has 1 fully saturated rings. The summed E-state index contributed by atoms with van der Waals surface area (Å²) in [4.78, 5) is 0. The maximum Gasteiger partial charge on any atom is 0.0899 e. The minimum absolute atomic E-state index is 0.457. The van der Waals surface area contributed by atoms with Crippen molar-refractivity contribution in [2.24, 2.45) is 0 Å². The summed E-state index contributed by atoms with van der Waals surface area (Å²) < 4.78 is 0. The molecule has 0 unspecified atom stereocenters. The highest BCUT2D eigenvalue weighted by Gasteiger charge is 2.41. The van der Waals surface area contributed by atoms with Gasteiger partial charge in [-0.05, 0) is 18.4 Å². The fourth-order valence-electron chi connectivity index (χ4n) is 1.16. The van der Waals surface area contributed by atoms with Gasteiger partial charge in [0.1, 0.15) is 0 Å². The molecule has 1 aromatic rings. The minimum Gasteiger partial charge on any atom is -0.385 e. The van der Waals surface area contributed by atoms with Gasteiger partial charge in [-0.3, -0.25) is 0 Å². The summed E-state index contributed by atoms with van der Waals surface area (Å²) in [6, 6.07) is 9.85. The molecule has 1 aromatic carbocycles. The summed E-state index contributed by atoms with van der Waals surface area (Å²) in [6.07, 6.45) is 1.86. The lowest BCUT2D eigenvalue weighted by Crippen LogP contribution is -2.02. The molecule has 1 heteroatoms. The Morgan fingerprint density at radius 1 is 1.08 bits per heavy atom. The van der Waals surface area contributed by atoms with E-state index in [1.807, 2.05) is 44.2 Å². The van der Waals surface area contributed by atoms with Gasteiger partial charge in [0.25, 0.3) is 0 Å². The van der Waals surface area contributed by atoms with Crippen molar-refractivity contribution in [2.75, 3.05) is 0 Å². The van der Waals surface area contributed by atoms with Gasteiger partial charge in [0.2, 0.25) is 0 Å². The van der Waals surface area contributed by atoms with Crippen molar-refractivity contribution in [3.8, 4) is 0 Å². The van der Waals surface area contributed by atoms with Crippen LogP contribution in [0.2, 0.25) is 0 Å². The highest BCUT2D eigenvalue weighted by molar-refractivity contribution is 5.26. The Labute approximate surface area is 74.1 Å². The Hall–Kier alpha value is -0.820. The second-order valence-corrected chi connectivity index (χ2v) is 2.90. The van der Waals surface area contributed by atoms with Crippen molar-refractivity contribution in [3.05, 3.63) is 35.9 Å². The molecular formula is C11H16O. The Kier molecular flexibility index (Phi) is 2.88. The van der Waals surface area contributed by atoms with Gasteiger partial charge < -0.3 is 5.11 Å². The topological polar surface area (TPSA) is 20.2 Å². The van der Waals surface area contributed by atoms with Crippen LogP contribution in [-0.2, 0) is 5.60 Å². The molecule has 1 aliphatic rings. The van der Waals surface area contributed by atoms with E-state index in [9.17, 15) is 5.11 Å². The van der Waals surface area contributed by atoms with Crippen LogP contribution in [0.3, 0.4) is 0 Å². The number of hydrogen-bond acceptors (Lipinski definition) is 1. The van der Waals surface area contributed by atoms with E-state index in [-0.39, 0.29) is 0 Å². The van der Waals surface area contributed by atoms with E-state index in [4.69, 9.17) is 0 Å². The number of aliphatic hydroxyl groups is 1. The zero-order valence-electron chi connectivity index (χ0n) is 7.75. The van der Waals surface area contributed by atoms with Crippen molar-refractivity contribution >= 4 is 0 Å². The summed E-state index contributed by atoms with van der Waals surface area (Å²) in [7, 11) is 0. The molecule has 0 amide bonds. The van der Waals surface area contributed by atoms with E-state index in [2.05, 4.69) is 0 Å². The quantitative estimate of drug-likeness (QED) is 0.676. The normalized spacial score (nSPS) is 17.6. The Morgan fingerprint density at radius 3 is 2.00 bits per heavy atom. The van der Waals surface area contributed by atoms with Crippen molar-refractivity contribution in [1.82, 2.24) is 0 Å². The van der Waals surface area contributed by atoms with E-state index < -0.39 is 5.60 Å². The second kappa shape index (κ2) is 3.72. The first-order chi connectivity index (χ1) is 5.81. The molecule has 1 nitrogen and oxygen atoms in total. The molecule has 0 heterocycles. The van der Waals surface area contributed by atoms with E-state index in [1.165, 1.54) is 0 Å². The van der Waals surface area contributed by atoms with Crippen molar-refractivity contribution in [3.63, 3.8) is 0 Å². The standard InChI is InChI=1S/C9H10O.C2H6/c10-9(6-7-9)8-4-2-1-3-5-8;1-2/h1-5,10H,6-7H2;1-2H3. The fraction of sp³-hybridized carbons (Fsp3) is 0.455. The first kappa shape index (κ1) is 9.27. The minimum atomic E-state index is -0.457. The van der Waals surface area contributed by atoms with Gasteiger partial charge in [0.05, 0.1) is 5.60 Å². The van der Waals surface area contributed by atoms with Crippen LogP contribution in [-0.4, -0.2) is 5.11 Å². The molecule has 2 rings (SSSR count). The number of rotatable bonds is 1. The largest absolute Gasteiger partial charge is 0.385 e. The van der Waals surface area contributed by atoms with E-state index in [0.717, 1.165) is 18.4 Å². The van der Waals surface area contributed by atoms with E-state index >= 15 is 0 Å². The highest BCUT2D eigenvalue weighted by atomic mass is 16.3. The van der Waals surface area contributed by atoms with Crippen molar-refractivity contribution in [1.29, 1.82) is 0 Å². The maximum absolute atomic E-state index is 9.60. The van der Waals surface area contributed by atoms with Crippen molar-refractivity contribution < 1.29 is 5.11 Å². The summed E-state index contributed by atoms with van der Waals surface area (Å²) in [5, 5.41) is 9.60. The second-order valence-electron chi connectivity index (χ2n) is 2.90. The number of hydrogen-bond donors (Lipinski definition) is 1. The predicted molar refractivity (Wildman–Crippen MR) is 50.9 cm³/mol. The van der Waals surface area contributed by atoms with Crippen LogP contribution in [0.25, 0.3) is 0 Å². The molecule has 1 aliphatic carbocycles. The third-order valence-electron chi connectivity index (χ3n) is 2.03. The monoisotopic (exact) mass is 164 g/mol. The zero-order valence-corrected chi connectivity index (χ0v) is 7.75. The number of benzene rings is 1. The molecule has 0 spiro atoms. The molecule has 1 N–H and O–H groups in total. The molecule has 0 saturated heterocycles.